The average molecular weight is 343 g/mol. The molecule has 2 atom stereocenters. The van der Waals surface area contributed by atoms with Crippen molar-refractivity contribution in [1.29, 1.82) is 0 Å². The lowest BCUT2D eigenvalue weighted by Crippen LogP contribution is -2.51. The first-order valence-corrected chi connectivity index (χ1v) is 9.44. The molecule has 2 aromatic rings. The summed E-state index contributed by atoms with van der Waals surface area (Å²) in [4.78, 5) is 20.4. The minimum atomic E-state index is 0.00580. The molecule has 2 unspecified atom stereocenters. The molecular formula is C19H25N3OS. The van der Waals surface area contributed by atoms with E-state index in [1.54, 1.807) is 0 Å². The maximum Gasteiger partial charge on any atom is 0.266 e. The summed E-state index contributed by atoms with van der Waals surface area (Å²) >= 11 is 1.53. The van der Waals surface area contributed by atoms with Crippen molar-refractivity contribution in [3.63, 3.8) is 0 Å². The van der Waals surface area contributed by atoms with Gasteiger partial charge in [-0.2, -0.15) is 0 Å². The van der Waals surface area contributed by atoms with E-state index in [0.717, 1.165) is 47.8 Å². The molecule has 24 heavy (non-hydrogen) atoms. The van der Waals surface area contributed by atoms with Crippen molar-refractivity contribution in [3.8, 4) is 0 Å². The number of rotatable bonds is 4. The highest BCUT2D eigenvalue weighted by atomic mass is 32.1. The van der Waals surface area contributed by atoms with Crippen LogP contribution in [0.5, 0.6) is 0 Å². The monoisotopic (exact) mass is 343 g/mol. The molecular weight excluding hydrogens is 318 g/mol. The van der Waals surface area contributed by atoms with Gasteiger partial charge in [0.15, 0.2) is 0 Å². The summed E-state index contributed by atoms with van der Waals surface area (Å²) in [6.45, 7) is 4.73. The van der Waals surface area contributed by atoms with E-state index in [-0.39, 0.29) is 18.0 Å². The second-order valence-corrected chi connectivity index (χ2v) is 7.69. The Morgan fingerprint density at radius 1 is 1.38 bits per heavy atom. The maximum absolute atomic E-state index is 13.0. The molecule has 0 bridgehead atoms. The van der Waals surface area contributed by atoms with Gasteiger partial charge in [0.2, 0.25) is 0 Å². The van der Waals surface area contributed by atoms with Crippen LogP contribution in [0.25, 0.3) is 0 Å². The smallest absolute Gasteiger partial charge is 0.266 e. The highest BCUT2D eigenvalue weighted by Gasteiger charge is 2.31. The fourth-order valence-corrected chi connectivity index (χ4v) is 4.44. The van der Waals surface area contributed by atoms with Gasteiger partial charge in [-0.1, -0.05) is 30.3 Å². The number of nitrogens with two attached hydrogens (primary N) is 1. The molecule has 1 aliphatic rings. The Balaban J connectivity index is 1.80. The zero-order valence-electron chi connectivity index (χ0n) is 14.4. The molecule has 5 heteroatoms. The van der Waals surface area contributed by atoms with Crippen LogP contribution in [0.3, 0.4) is 0 Å². The van der Waals surface area contributed by atoms with Gasteiger partial charge in [-0.3, -0.25) is 4.79 Å². The highest BCUT2D eigenvalue weighted by Crippen LogP contribution is 2.27. The Morgan fingerprint density at radius 3 is 2.83 bits per heavy atom. The first kappa shape index (κ1) is 17.1. The molecule has 0 spiro atoms. The summed E-state index contributed by atoms with van der Waals surface area (Å²) in [6.07, 6.45) is 3.98. The van der Waals surface area contributed by atoms with E-state index in [1.807, 2.05) is 36.9 Å². The standard InChI is InChI=1S/C19H25N3OS/c1-13(20)16-10-6-7-11-22(16)19(23)18-14(2)21-17(24-18)12-15-8-4-3-5-9-15/h3-5,8-9,13,16H,6-7,10-12,20H2,1-2H3. The number of likely N-dealkylation sites (tertiary alicyclic amines) is 1. The Hall–Kier alpha value is -1.72. The van der Waals surface area contributed by atoms with Crippen molar-refractivity contribution < 1.29 is 4.79 Å². The number of amides is 1. The number of hydrogen-bond donors (Lipinski definition) is 1. The highest BCUT2D eigenvalue weighted by molar-refractivity contribution is 7.13. The number of aryl methyl sites for hydroxylation is 1. The number of thiazole rings is 1. The lowest BCUT2D eigenvalue weighted by molar-refractivity contribution is 0.0588. The number of hydrogen-bond acceptors (Lipinski definition) is 4. The van der Waals surface area contributed by atoms with Crippen LogP contribution < -0.4 is 5.73 Å². The summed E-state index contributed by atoms with van der Waals surface area (Å²) in [5.41, 5.74) is 8.17. The third-order valence-corrected chi connectivity index (χ3v) is 5.80. The van der Waals surface area contributed by atoms with Gasteiger partial charge in [-0.15, -0.1) is 11.3 Å². The summed E-state index contributed by atoms with van der Waals surface area (Å²) < 4.78 is 0. The lowest BCUT2D eigenvalue weighted by atomic mass is 9.96. The Bertz CT molecular complexity index is 696. The van der Waals surface area contributed by atoms with Crippen LogP contribution in [0.2, 0.25) is 0 Å². The van der Waals surface area contributed by atoms with Gasteiger partial charge in [-0.25, -0.2) is 4.98 Å². The topological polar surface area (TPSA) is 59.2 Å². The predicted molar refractivity (Wildman–Crippen MR) is 98.4 cm³/mol. The fourth-order valence-electron chi connectivity index (χ4n) is 3.38. The van der Waals surface area contributed by atoms with Crippen molar-refractivity contribution in [3.05, 3.63) is 51.5 Å². The van der Waals surface area contributed by atoms with Crippen LogP contribution in [-0.2, 0) is 6.42 Å². The SMILES string of the molecule is Cc1nc(Cc2ccccc2)sc1C(=O)N1CCCCC1C(C)N. The zero-order chi connectivity index (χ0) is 17.1. The number of piperidine rings is 1. The van der Waals surface area contributed by atoms with E-state index in [9.17, 15) is 4.79 Å². The fraction of sp³-hybridized carbons (Fsp3) is 0.474. The number of aromatic nitrogens is 1. The normalized spacial score (nSPS) is 19.3. The van der Waals surface area contributed by atoms with Gasteiger partial charge in [0, 0.05) is 25.0 Å². The predicted octanol–water partition coefficient (Wildman–Crippen LogP) is 3.38. The van der Waals surface area contributed by atoms with Crippen LogP contribution >= 0.6 is 11.3 Å². The second kappa shape index (κ2) is 7.45. The Labute approximate surface area is 147 Å². The molecule has 1 aromatic carbocycles. The van der Waals surface area contributed by atoms with E-state index < -0.39 is 0 Å². The van der Waals surface area contributed by atoms with Crippen LogP contribution in [-0.4, -0.2) is 34.4 Å². The van der Waals surface area contributed by atoms with E-state index in [4.69, 9.17) is 5.73 Å². The van der Waals surface area contributed by atoms with Crippen molar-refractivity contribution in [2.24, 2.45) is 5.73 Å². The Kier molecular flexibility index (Phi) is 5.31. The van der Waals surface area contributed by atoms with Crippen LogP contribution in [0, 0.1) is 6.92 Å². The van der Waals surface area contributed by atoms with E-state index in [2.05, 4.69) is 17.1 Å². The number of nitrogens with zero attached hydrogens (tertiary/aromatic N) is 2. The maximum atomic E-state index is 13.0. The van der Waals surface area contributed by atoms with Gasteiger partial charge < -0.3 is 10.6 Å². The first-order valence-electron chi connectivity index (χ1n) is 8.63. The number of carbonyl (C=O) groups excluding carboxylic acids is 1. The molecule has 1 fully saturated rings. The van der Waals surface area contributed by atoms with E-state index in [1.165, 1.54) is 16.9 Å². The zero-order valence-corrected chi connectivity index (χ0v) is 15.2. The molecule has 128 valence electrons. The number of benzene rings is 1. The van der Waals surface area contributed by atoms with Gasteiger partial charge in [0.05, 0.1) is 10.7 Å². The van der Waals surface area contributed by atoms with Crippen LogP contribution in [0.4, 0.5) is 0 Å². The molecule has 3 rings (SSSR count). The van der Waals surface area contributed by atoms with Crippen molar-refractivity contribution in [2.45, 2.75) is 51.6 Å². The van der Waals surface area contributed by atoms with E-state index >= 15 is 0 Å². The first-order chi connectivity index (χ1) is 11.6. The Morgan fingerprint density at radius 2 is 2.12 bits per heavy atom. The molecule has 2 heterocycles. The molecule has 0 saturated carbocycles. The second-order valence-electron chi connectivity index (χ2n) is 6.61. The molecule has 1 amide bonds. The van der Waals surface area contributed by atoms with Gasteiger partial charge in [0.25, 0.3) is 5.91 Å². The minimum absolute atomic E-state index is 0.00580. The van der Waals surface area contributed by atoms with Crippen molar-refractivity contribution >= 4 is 17.2 Å². The quantitative estimate of drug-likeness (QED) is 0.926. The third-order valence-electron chi connectivity index (χ3n) is 4.65. The summed E-state index contributed by atoms with van der Waals surface area (Å²) in [7, 11) is 0. The minimum Gasteiger partial charge on any atom is -0.333 e. The molecule has 0 aliphatic carbocycles. The summed E-state index contributed by atoms with van der Waals surface area (Å²) in [6, 6.07) is 10.4. The average Bonchev–Trinajstić information content (AvgIpc) is 2.95. The van der Waals surface area contributed by atoms with Crippen LogP contribution in [0.1, 0.15) is 52.1 Å². The summed E-state index contributed by atoms with van der Waals surface area (Å²) in [5, 5.41) is 0.997. The van der Waals surface area contributed by atoms with E-state index in [0.29, 0.717) is 0 Å². The largest absolute Gasteiger partial charge is 0.333 e. The lowest BCUT2D eigenvalue weighted by Gasteiger charge is -2.37. The van der Waals surface area contributed by atoms with Crippen molar-refractivity contribution in [2.75, 3.05) is 6.54 Å². The molecule has 4 nitrogen and oxygen atoms in total. The summed E-state index contributed by atoms with van der Waals surface area (Å²) in [5.74, 6) is 0.103. The number of carbonyl (C=O) groups is 1. The van der Waals surface area contributed by atoms with Crippen molar-refractivity contribution in [1.82, 2.24) is 9.88 Å². The molecule has 1 saturated heterocycles. The molecule has 1 aromatic heterocycles. The molecule has 0 radical (unpaired) electrons. The molecule has 1 aliphatic heterocycles. The van der Waals surface area contributed by atoms with Gasteiger partial charge >= 0.3 is 0 Å². The third kappa shape index (κ3) is 3.68. The van der Waals surface area contributed by atoms with Gasteiger partial charge in [0.1, 0.15) is 4.88 Å². The molecule has 2 N–H and O–H groups in total. The van der Waals surface area contributed by atoms with Gasteiger partial charge in [-0.05, 0) is 38.7 Å². The van der Waals surface area contributed by atoms with Crippen LogP contribution in [0.15, 0.2) is 30.3 Å².